The molecule has 1 amide bonds. The molecule has 112 valence electrons. The number of nitrogens with zero attached hydrogens (tertiary/aromatic N) is 1. The van der Waals surface area contributed by atoms with Gasteiger partial charge in [-0.15, -0.1) is 11.3 Å². The van der Waals surface area contributed by atoms with Gasteiger partial charge in [-0.2, -0.15) is 0 Å². The van der Waals surface area contributed by atoms with Gasteiger partial charge in [0.2, 0.25) is 5.91 Å². The number of amides is 1. The number of halogens is 1. The summed E-state index contributed by atoms with van der Waals surface area (Å²) in [5.74, 6) is -0.563. The predicted octanol–water partition coefficient (Wildman–Crippen LogP) is 2.37. The van der Waals surface area contributed by atoms with Crippen LogP contribution in [0.3, 0.4) is 0 Å². The molecule has 4 nitrogen and oxygen atoms in total. The second-order valence-electron chi connectivity index (χ2n) is 4.72. The fraction of sp³-hybridized carbons (Fsp3) is 0.333. The van der Waals surface area contributed by atoms with E-state index in [2.05, 4.69) is 10.3 Å². The van der Waals surface area contributed by atoms with Crippen LogP contribution in [0, 0.1) is 12.7 Å². The Balaban J connectivity index is 1.92. The number of nitrogens with one attached hydrogen (secondary N) is 1. The first-order valence-corrected chi connectivity index (χ1v) is 7.52. The first kappa shape index (κ1) is 15.6. The number of rotatable bonds is 6. The van der Waals surface area contributed by atoms with Gasteiger partial charge in [0.15, 0.2) is 0 Å². The number of hydrogen-bond acceptors (Lipinski definition) is 4. The van der Waals surface area contributed by atoms with Crippen LogP contribution in [0.2, 0.25) is 0 Å². The lowest BCUT2D eigenvalue weighted by atomic mass is 10.1. The molecule has 6 heteroatoms. The Morgan fingerprint density at radius 2 is 2.33 bits per heavy atom. The van der Waals surface area contributed by atoms with Gasteiger partial charge in [-0.1, -0.05) is 12.1 Å². The summed E-state index contributed by atoms with van der Waals surface area (Å²) in [6.45, 7) is 1.64. The van der Waals surface area contributed by atoms with E-state index in [0.29, 0.717) is 18.4 Å². The monoisotopic (exact) mass is 308 g/mol. The minimum atomic E-state index is -0.587. The van der Waals surface area contributed by atoms with Crippen molar-refractivity contribution in [2.45, 2.75) is 25.8 Å². The van der Waals surface area contributed by atoms with Crippen LogP contribution in [-0.4, -0.2) is 22.6 Å². The molecular formula is C15H17FN2O2S. The third-order valence-corrected chi connectivity index (χ3v) is 4.19. The highest BCUT2D eigenvalue weighted by Crippen LogP contribution is 2.16. The molecule has 2 N–H and O–H groups in total. The highest BCUT2D eigenvalue weighted by atomic mass is 32.1. The van der Waals surface area contributed by atoms with Crippen LogP contribution < -0.4 is 5.32 Å². The zero-order chi connectivity index (χ0) is 15.2. The molecule has 21 heavy (non-hydrogen) atoms. The summed E-state index contributed by atoms with van der Waals surface area (Å²) < 4.78 is 13.2. The van der Waals surface area contributed by atoms with Crippen LogP contribution >= 0.6 is 11.3 Å². The van der Waals surface area contributed by atoms with Crippen LogP contribution in [-0.2, 0) is 11.2 Å². The molecule has 0 bridgehead atoms. The average Bonchev–Trinajstić information content (AvgIpc) is 2.88. The zero-order valence-corrected chi connectivity index (χ0v) is 12.5. The number of aromatic nitrogens is 1. The molecule has 0 aliphatic heterocycles. The highest BCUT2D eigenvalue weighted by Gasteiger charge is 2.14. The van der Waals surface area contributed by atoms with Crippen molar-refractivity contribution in [1.82, 2.24) is 10.3 Å². The van der Waals surface area contributed by atoms with Crippen LogP contribution in [0.25, 0.3) is 0 Å². The van der Waals surface area contributed by atoms with Gasteiger partial charge in [-0.05, 0) is 31.0 Å². The lowest BCUT2D eigenvalue weighted by Gasteiger charge is -2.16. The molecule has 1 unspecified atom stereocenters. The fourth-order valence-corrected chi connectivity index (χ4v) is 2.80. The van der Waals surface area contributed by atoms with Crippen LogP contribution in [0.15, 0.2) is 29.8 Å². The van der Waals surface area contributed by atoms with Crippen molar-refractivity contribution >= 4 is 17.2 Å². The van der Waals surface area contributed by atoms with E-state index < -0.39 is 6.04 Å². The van der Waals surface area contributed by atoms with E-state index in [0.717, 1.165) is 10.6 Å². The third-order valence-electron chi connectivity index (χ3n) is 3.19. The molecular weight excluding hydrogens is 291 g/mol. The summed E-state index contributed by atoms with van der Waals surface area (Å²) in [6, 6.07) is 5.29. The second kappa shape index (κ2) is 7.28. The quantitative estimate of drug-likeness (QED) is 0.861. The van der Waals surface area contributed by atoms with Crippen molar-refractivity contribution < 1.29 is 14.3 Å². The van der Waals surface area contributed by atoms with Gasteiger partial charge in [0.05, 0.1) is 23.9 Å². The standard InChI is InChI=1S/C15H17FN2O2S/c1-10-14(21-9-17-10)5-6-15(20)18-13(8-19)11-3-2-4-12(16)7-11/h2-4,7,9,13,19H,5-6,8H2,1H3,(H,18,20). The molecule has 2 aromatic rings. The number of hydrogen-bond donors (Lipinski definition) is 2. The van der Waals surface area contributed by atoms with Crippen molar-refractivity contribution in [1.29, 1.82) is 0 Å². The molecule has 0 fully saturated rings. The molecule has 1 heterocycles. The van der Waals surface area contributed by atoms with Crippen LogP contribution in [0.4, 0.5) is 4.39 Å². The largest absolute Gasteiger partial charge is 0.394 e. The van der Waals surface area contributed by atoms with Crippen LogP contribution in [0.5, 0.6) is 0 Å². The number of benzene rings is 1. The number of carbonyl (C=O) groups excluding carboxylic acids is 1. The third kappa shape index (κ3) is 4.34. The lowest BCUT2D eigenvalue weighted by Crippen LogP contribution is -2.31. The Morgan fingerprint density at radius 1 is 1.52 bits per heavy atom. The summed E-state index contributed by atoms with van der Waals surface area (Å²) in [5.41, 5.74) is 3.25. The van der Waals surface area contributed by atoms with Gasteiger partial charge in [-0.25, -0.2) is 9.37 Å². The van der Waals surface area contributed by atoms with Gasteiger partial charge in [0.25, 0.3) is 0 Å². The SMILES string of the molecule is Cc1ncsc1CCC(=O)NC(CO)c1cccc(F)c1. The van der Waals surface area contributed by atoms with E-state index in [4.69, 9.17) is 0 Å². The topological polar surface area (TPSA) is 62.2 Å². The van der Waals surface area contributed by atoms with E-state index in [9.17, 15) is 14.3 Å². The first-order chi connectivity index (χ1) is 10.1. The molecule has 0 radical (unpaired) electrons. The molecule has 1 aromatic heterocycles. The van der Waals surface area contributed by atoms with E-state index in [1.165, 1.54) is 23.5 Å². The maximum absolute atomic E-state index is 13.2. The molecule has 2 rings (SSSR count). The zero-order valence-electron chi connectivity index (χ0n) is 11.7. The Hall–Kier alpha value is -1.79. The molecule has 1 atom stereocenters. The van der Waals surface area contributed by atoms with E-state index >= 15 is 0 Å². The smallest absolute Gasteiger partial charge is 0.220 e. The lowest BCUT2D eigenvalue weighted by molar-refractivity contribution is -0.122. The van der Waals surface area contributed by atoms with Crippen molar-refractivity contribution in [2.24, 2.45) is 0 Å². The van der Waals surface area contributed by atoms with Gasteiger partial charge in [0, 0.05) is 11.3 Å². The van der Waals surface area contributed by atoms with Gasteiger partial charge >= 0.3 is 0 Å². The summed E-state index contributed by atoms with van der Waals surface area (Å²) >= 11 is 1.52. The maximum atomic E-state index is 13.2. The number of thiazole rings is 1. The minimum Gasteiger partial charge on any atom is -0.394 e. The maximum Gasteiger partial charge on any atom is 0.220 e. The van der Waals surface area contributed by atoms with Crippen molar-refractivity contribution in [3.63, 3.8) is 0 Å². The molecule has 0 saturated heterocycles. The Morgan fingerprint density at radius 3 is 2.95 bits per heavy atom. The second-order valence-corrected chi connectivity index (χ2v) is 5.66. The molecule has 0 saturated carbocycles. The molecule has 0 spiro atoms. The van der Waals surface area contributed by atoms with E-state index in [-0.39, 0.29) is 18.3 Å². The van der Waals surface area contributed by atoms with Gasteiger partial charge in [0.1, 0.15) is 5.82 Å². The summed E-state index contributed by atoms with van der Waals surface area (Å²) in [7, 11) is 0. The van der Waals surface area contributed by atoms with E-state index in [1.54, 1.807) is 17.6 Å². The normalized spacial score (nSPS) is 12.1. The summed E-state index contributed by atoms with van der Waals surface area (Å²) in [4.78, 5) is 17.2. The Bertz CT molecular complexity index is 615. The van der Waals surface area contributed by atoms with Gasteiger partial charge in [-0.3, -0.25) is 4.79 Å². The number of carbonyl (C=O) groups is 1. The number of aliphatic hydroxyl groups excluding tert-OH is 1. The Kier molecular flexibility index (Phi) is 5.41. The molecule has 0 aliphatic carbocycles. The number of aliphatic hydroxyl groups is 1. The minimum absolute atomic E-state index is 0.175. The van der Waals surface area contributed by atoms with Crippen molar-refractivity contribution in [2.75, 3.05) is 6.61 Å². The van der Waals surface area contributed by atoms with Crippen LogP contribution in [0.1, 0.15) is 28.6 Å². The average molecular weight is 308 g/mol. The summed E-state index contributed by atoms with van der Waals surface area (Å²) in [6.07, 6.45) is 0.929. The summed E-state index contributed by atoms with van der Waals surface area (Å²) in [5, 5.41) is 12.1. The van der Waals surface area contributed by atoms with E-state index in [1.807, 2.05) is 6.92 Å². The van der Waals surface area contributed by atoms with Crippen molar-refractivity contribution in [3.8, 4) is 0 Å². The molecule has 1 aromatic carbocycles. The predicted molar refractivity (Wildman–Crippen MR) is 79.5 cm³/mol. The number of aryl methyl sites for hydroxylation is 2. The molecule has 0 aliphatic rings. The Labute approximate surface area is 126 Å². The highest BCUT2D eigenvalue weighted by molar-refractivity contribution is 7.09. The fourth-order valence-electron chi connectivity index (χ4n) is 2.02. The van der Waals surface area contributed by atoms with Gasteiger partial charge < -0.3 is 10.4 Å². The first-order valence-electron chi connectivity index (χ1n) is 6.65. The van der Waals surface area contributed by atoms with Crippen molar-refractivity contribution in [3.05, 3.63) is 51.7 Å².